The second-order valence-electron chi connectivity index (χ2n) is 7.80. The lowest BCUT2D eigenvalue weighted by molar-refractivity contribution is 0.267. The summed E-state index contributed by atoms with van der Waals surface area (Å²) in [6.45, 7) is 11.3. The first kappa shape index (κ1) is 18.4. The summed E-state index contributed by atoms with van der Waals surface area (Å²) in [5, 5.41) is 4.96. The first-order valence-electron chi connectivity index (χ1n) is 8.81. The maximum atomic E-state index is 4.79. The lowest BCUT2D eigenvalue weighted by Gasteiger charge is -2.33. The number of benzene rings is 1. The van der Waals surface area contributed by atoms with Gasteiger partial charge in [0.15, 0.2) is 0 Å². The van der Waals surface area contributed by atoms with E-state index in [1.807, 2.05) is 0 Å². The normalized spacial score (nSPS) is 15.0. The predicted molar refractivity (Wildman–Crippen MR) is 106 cm³/mol. The van der Waals surface area contributed by atoms with Crippen molar-refractivity contribution in [3.63, 3.8) is 0 Å². The maximum absolute atomic E-state index is 4.79. The molecule has 3 heteroatoms. The van der Waals surface area contributed by atoms with E-state index in [0.29, 0.717) is 5.41 Å². The lowest BCUT2D eigenvalue weighted by atomic mass is 9.79. The van der Waals surface area contributed by atoms with Crippen LogP contribution in [0.5, 0.6) is 0 Å². The quantitative estimate of drug-likeness (QED) is 0.427. The van der Waals surface area contributed by atoms with Crippen LogP contribution in [0.15, 0.2) is 30.5 Å². The number of fused-ring (bicyclic) bond motifs is 1. The number of aromatic amines is 1. The third-order valence-corrected chi connectivity index (χ3v) is 5.32. The van der Waals surface area contributed by atoms with Gasteiger partial charge in [0.05, 0.1) is 0 Å². The van der Waals surface area contributed by atoms with Crippen molar-refractivity contribution in [3.05, 3.63) is 36.0 Å². The van der Waals surface area contributed by atoms with Gasteiger partial charge in [0, 0.05) is 21.8 Å². The molecule has 128 valence electrons. The standard InChI is InChI=1S/C20H32N2S/c1-5-20(4,23)15-19(2,3)11-13-21-12-10-16-14-22-18-9-7-6-8-17(16)18/h6-9,14,21-23H,5,10-13,15H2,1-4H3. The van der Waals surface area contributed by atoms with E-state index in [9.17, 15) is 0 Å². The fraction of sp³-hybridized carbons (Fsp3) is 0.600. The fourth-order valence-corrected chi connectivity index (χ4v) is 3.79. The zero-order valence-corrected chi connectivity index (χ0v) is 16.0. The summed E-state index contributed by atoms with van der Waals surface area (Å²) in [4.78, 5) is 3.35. The fourth-order valence-electron chi connectivity index (χ4n) is 3.36. The highest BCUT2D eigenvalue weighted by atomic mass is 32.1. The molecule has 0 aliphatic rings. The van der Waals surface area contributed by atoms with Crippen LogP contribution in [0.4, 0.5) is 0 Å². The van der Waals surface area contributed by atoms with Crippen molar-refractivity contribution in [1.29, 1.82) is 0 Å². The Balaban J connectivity index is 1.73. The molecule has 0 aliphatic carbocycles. The van der Waals surface area contributed by atoms with Gasteiger partial charge in [0.1, 0.15) is 0 Å². The molecule has 1 unspecified atom stereocenters. The van der Waals surface area contributed by atoms with Gasteiger partial charge in [0.2, 0.25) is 0 Å². The Labute approximate surface area is 146 Å². The minimum absolute atomic E-state index is 0.146. The molecule has 23 heavy (non-hydrogen) atoms. The summed E-state index contributed by atoms with van der Waals surface area (Å²) in [7, 11) is 0. The van der Waals surface area contributed by atoms with Crippen molar-refractivity contribution in [2.75, 3.05) is 13.1 Å². The monoisotopic (exact) mass is 332 g/mol. The molecule has 0 bridgehead atoms. The number of hydrogen-bond donors (Lipinski definition) is 3. The topological polar surface area (TPSA) is 27.8 Å². The highest BCUT2D eigenvalue weighted by Crippen LogP contribution is 2.36. The van der Waals surface area contributed by atoms with Crippen LogP contribution >= 0.6 is 12.6 Å². The number of nitrogens with one attached hydrogen (secondary N) is 2. The van der Waals surface area contributed by atoms with E-state index in [0.717, 1.165) is 32.4 Å². The van der Waals surface area contributed by atoms with E-state index in [1.165, 1.54) is 22.9 Å². The lowest BCUT2D eigenvalue weighted by Crippen LogP contribution is -2.30. The predicted octanol–water partition coefficient (Wildman–Crippen LogP) is 5.20. The molecule has 0 amide bonds. The van der Waals surface area contributed by atoms with Crippen LogP contribution in [0.3, 0.4) is 0 Å². The van der Waals surface area contributed by atoms with Gasteiger partial charge in [-0.2, -0.15) is 12.6 Å². The summed E-state index contributed by atoms with van der Waals surface area (Å²) in [5.41, 5.74) is 2.97. The molecule has 1 heterocycles. The van der Waals surface area contributed by atoms with Crippen LogP contribution in [0, 0.1) is 5.41 Å². The van der Waals surface area contributed by atoms with E-state index >= 15 is 0 Å². The molecule has 0 radical (unpaired) electrons. The molecule has 1 aromatic carbocycles. The summed E-state index contributed by atoms with van der Waals surface area (Å²) in [6.07, 6.45) is 6.68. The van der Waals surface area contributed by atoms with Gasteiger partial charge in [0.25, 0.3) is 0 Å². The molecule has 2 aromatic rings. The molecule has 1 atom stereocenters. The molecule has 0 saturated carbocycles. The molecule has 2 N–H and O–H groups in total. The Bertz CT molecular complexity index is 613. The van der Waals surface area contributed by atoms with Crippen molar-refractivity contribution in [3.8, 4) is 0 Å². The molecule has 0 aliphatic heterocycles. The minimum Gasteiger partial charge on any atom is -0.361 e. The second kappa shape index (κ2) is 7.76. The molecule has 1 aromatic heterocycles. The highest BCUT2D eigenvalue weighted by Gasteiger charge is 2.27. The van der Waals surface area contributed by atoms with Gasteiger partial charge in [-0.1, -0.05) is 45.9 Å². The highest BCUT2D eigenvalue weighted by molar-refractivity contribution is 7.81. The summed E-state index contributed by atoms with van der Waals surface area (Å²) in [5.74, 6) is 0. The van der Waals surface area contributed by atoms with Crippen LogP contribution in [-0.4, -0.2) is 22.8 Å². The summed E-state index contributed by atoms with van der Waals surface area (Å²) >= 11 is 4.79. The van der Waals surface area contributed by atoms with E-state index < -0.39 is 0 Å². The van der Waals surface area contributed by atoms with Gasteiger partial charge in [-0.3, -0.25) is 0 Å². The van der Waals surface area contributed by atoms with E-state index in [2.05, 4.69) is 68.5 Å². The molecular weight excluding hydrogens is 300 g/mol. The molecule has 2 rings (SSSR count). The summed E-state index contributed by atoms with van der Waals surface area (Å²) < 4.78 is 0.146. The van der Waals surface area contributed by atoms with Gasteiger partial charge >= 0.3 is 0 Å². The van der Waals surface area contributed by atoms with Crippen molar-refractivity contribution in [1.82, 2.24) is 10.3 Å². The van der Waals surface area contributed by atoms with Crippen LogP contribution < -0.4 is 5.32 Å². The first-order valence-corrected chi connectivity index (χ1v) is 9.26. The molecular formula is C20H32N2S. The van der Waals surface area contributed by atoms with E-state index in [-0.39, 0.29) is 4.75 Å². The van der Waals surface area contributed by atoms with Crippen molar-refractivity contribution < 1.29 is 0 Å². The molecule has 0 saturated heterocycles. The number of rotatable bonds is 9. The zero-order chi connectivity index (χ0) is 16.9. The van der Waals surface area contributed by atoms with Gasteiger partial charge < -0.3 is 10.3 Å². The van der Waals surface area contributed by atoms with Gasteiger partial charge in [-0.25, -0.2) is 0 Å². The summed E-state index contributed by atoms with van der Waals surface area (Å²) in [6, 6.07) is 8.52. The number of H-pyrrole nitrogens is 1. The third kappa shape index (κ3) is 5.58. The van der Waals surface area contributed by atoms with E-state index in [1.54, 1.807) is 0 Å². The SMILES string of the molecule is CCC(C)(S)CC(C)(C)CCNCCc1c[nH]c2ccccc12. The van der Waals surface area contributed by atoms with Crippen LogP contribution in [0.2, 0.25) is 0 Å². The van der Waals surface area contributed by atoms with Crippen LogP contribution in [0.25, 0.3) is 10.9 Å². The Kier molecular flexibility index (Phi) is 6.21. The van der Waals surface area contributed by atoms with Crippen LogP contribution in [-0.2, 0) is 6.42 Å². The molecule has 0 spiro atoms. The third-order valence-electron chi connectivity index (χ3n) is 4.85. The van der Waals surface area contributed by atoms with E-state index in [4.69, 9.17) is 12.6 Å². The number of thiol groups is 1. The minimum atomic E-state index is 0.146. The largest absolute Gasteiger partial charge is 0.361 e. The van der Waals surface area contributed by atoms with Crippen LogP contribution in [0.1, 0.15) is 52.5 Å². The van der Waals surface area contributed by atoms with Gasteiger partial charge in [-0.05, 0) is 55.8 Å². The number of aromatic nitrogens is 1. The second-order valence-corrected chi connectivity index (χ2v) is 8.88. The maximum Gasteiger partial charge on any atom is 0.0456 e. The van der Waals surface area contributed by atoms with Crippen molar-refractivity contribution in [2.24, 2.45) is 5.41 Å². The Hall–Kier alpha value is -0.930. The Morgan fingerprint density at radius 2 is 1.87 bits per heavy atom. The average molecular weight is 333 g/mol. The van der Waals surface area contributed by atoms with Crippen molar-refractivity contribution >= 4 is 23.5 Å². The number of para-hydroxylation sites is 1. The Morgan fingerprint density at radius 3 is 2.61 bits per heavy atom. The first-order chi connectivity index (χ1) is 10.8. The smallest absolute Gasteiger partial charge is 0.0456 e. The molecule has 2 nitrogen and oxygen atoms in total. The average Bonchev–Trinajstić information content (AvgIpc) is 2.89. The van der Waals surface area contributed by atoms with Crippen molar-refractivity contribution in [2.45, 2.75) is 58.1 Å². The number of hydrogen-bond acceptors (Lipinski definition) is 2. The molecule has 0 fully saturated rings. The van der Waals surface area contributed by atoms with Gasteiger partial charge in [-0.15, -0.1) is 0 Å². The Morgan fingerprint density at radius 1 is 1.13 bits per heavy atom. The zero-order valence-electron chi connectivity index (χ0n) is 15.1.